The van der Waals surface area contributed by atoms with E-state index < -0.39 is 33.4 Å². The molecule has 0 bridgehead atoms. The number of sulfonamides is 1. The average molecular weight is 473 g/mol. The largest absolute Gasteiger partial charge is 0.497 e. The van der Waals surface area contributed by atoms with E-state index in [1.807, 2.05) is 19.1 Å². The van der Waals surface area contributed by atoms with E-state index in [0.717, 1.165) is 10.5 Å². The van der Waals surface area contributed by atoms with Crippen molar-refractivity contribution in [2.45, 2.75) is 69.9 Å². The first kappa shape index (κ1) is 24.9. The van der Waals surface area contributed by atoms with Gasteiger partial charge in [-0.3, -0.25) is 9.59 Å². The summed E-state index contributed by atoms with van der Waals surface area (Å²) in [5, 5.41) is 0. The molecule has 2 amide bonds. The topological polar surface area (TPSA) is 84.0 Å². The van der Waals surface area contributed by atoms with E-state index in [0.29, 0.717) is 23.8 Å². The quantitative estimate of drug-likeness (QED) is 0.534. The van der Waals surface area contributed by atoms with Crippen molar-refractivity contribution >= 4 is 27.5 Å². The number of methoxy groups -OCH3 is 1. The molecule has 1 atom stereocenters. The van der Waals surface area contributed by atoms with Gasteiger partial charge in [0, 0.05) is 5.54 Å². The Bertz CT molecular complexity index is 1120. The summed E-state index contributed by atoms with van der Waals surface area (Å²) in [6.45, 7) is 9.52. The third-order valence-corrected chi connectivity index (χ3v) is 8.44. The van der Waals surface area contributed by atoms with Gasteiger partial charge < -0.3 is 4.74 Å². The fourth-order valence-electron chi connectivity index (χ4n) is 4.01. The molecule has 178 valence electrons. The molecule has 7 nitrogen and oxygen atoms in total. The Kier molecular flexibility index (Phi) is 7.00. The maximum atomic E-state index is 13.7. The molecule has 1 saturated heterocycles. The third kappa shape index (κ3) is 4.68. The Morgan fingerprint density at radius 3 is 2.12 bits per heavy atom. The number of imide groups is 1. The van der Waals surface area contributed by atoms with Gasteiger partial charge in [-0.2, -0.15) is 4.31 Å². The Balaban J connectivity index is 2.03. The fraction of sp³-hybridized carbons (Fsp3) is 0.440. The van der Waals surface area contributed by atoms with Gasteiger partial charge in [0.15, 0.2) is 0 Å². The molecule has 0 spiro atoms. The molecular formula is C25H32N2O5S. The summed E-state index contributed by atoms with van der Waals surface area (Å²) in [4.78, 5) is 27.6. The molecule has 1 aliphatic rings. The van der Waals surface area contributed by atoms with E-state index in [2.05, 4.69) is 13.8 Å². The van der Waals surface area contributed by atoms with Crippen LogP contribution in [-0.4, -0.2) is 43.2 Å². The van der Waals surface area contributed by atoms with Gasteiger partial charge in [0.25, 0.3) is 5.91 Å². The molecule has 1 heterocycles. The van der Waals surface area contributed by atoms with Crippen molar-refractivity contribution in [1.82, 2.24) is 4.31 Å². The normalized spacial score (nSPS) is 17.3. The summed E-state index contributed by atoms with van der Waals surface area (Å²) in [5.74, 6) is -0.106. The van der Waals surface area contributed by atoms with E-state index in [1.165, 1.54) is 23.5 Å². The van der Waals surface area contributed by atoms with Crippen LogP contribution in [0.5, 0.6) is 5.75 Å². The second-order valence-corrected chi connectivity index (χ2v) is 11.0. The van der Waals surface area contributed by atoms with Crippen LogP contribution < -0.4 is 9.64 Å². The first-order chi connectivity index (χ1) is 15.4. The molecule has 0 aliphatic carbocycles. The zero-order valence-corrected chi connectivity index (χ0v) is 20.8. The van der Waals surface area contributed by atoms with Gasteiger partial charge in [-0.05, 0) is 68.1 Å². The number of nitrogens with zero attached hydrogens (tertiary/aromatic N) is 2. The number of rotatable bonds is 8. The van der Waals surface area contributed by atoms with Crippen LogP contribution >= 0.6 is 0 Å². The molecule has 3 rings (SSSR count). The highest BCUT2D eigenvalue weighted by Gasteiger charge is 2.51. The molecule has 33 heavy (non-hydrogen) atoms. The molecule has 0 aromatic heterocycles. The Morgan fingerprint density at radius 1 is 1.06 bits per heavy atom. The van der Waals surface area contributed by atoms with E-state index in [4.69, 9.17) is 4.74 Å². The average Bonchev–Trinajstić information content (AvgIpc) is 3.06. The van der Waals surface area contributed by atoms with Crippen LogP contribution in [0.4, 0.5) is 5.69 Å². The van der Waals surface area contributed by atoms with Crippen LogP contribution in [0.25, 0.3) is 0 Å². The summed E-state index contributed by atoms with van der Waals surface area (Å²) in [6, 6.07) is 12.2. The third-order valence-electron chi connectivity index (χ3n) is 6.30. The highest BCUT2D eigenvalue weighted by atomic mass is 32.2. The minimum Gasteiger partial charge on any atom is -0.497 e. The SMILES string of the molecule is CCC(C)(C)N(C1CC(=O)N(c2ccc(C(C)C)cc2)C1=O)S(=O)(=O)c1ccc(OC)cc1. The standard InChI is InChI=1S/C25H32N2O5S/c1-7-25(4,5)27(33(30,31)21-14-12-20(32-6)13-15-21)22-16-23(28)26(24(22)29)19-10-8-18(9-11-19)17(2)3/h8-15,17,22H,7,16H2,1-6H3. The molecule has 0 radical (unpaired) electrons. The van der Waals surface area contributed by atoms with Crippen LogP contribution in [0.3, 0.4) is 0 Å². The Hall–Kier alpha value is -2.71. The highest BCUT2D eigenvalue weighted by Crippen LogP contribution is 2.36. The number of ether oxygens (including phenoxy) is 1. The summed E-state index contributed by atoms with van der Waals surface area (Å²) >= 11 is 0. The Morgan fingerprint density at radius 2 is 1.64 bits per heavy atom. The van der Waals surface area contributed by atoms with Gasteiger partial charge in [-0.15, -0.1) is 0 Å². The van der Waals surface area contributed by atoms with E-state index >= 15 is 0 Å². The predicted octanol–water partition coefficient (Wildman–Crippen LogP) is 4.33. The number of carbonyl (C=O) groups is 2. The molecular weight excluding hydrogens is 440 g/mol. The molecule has 2 aromatic rings. The lowest BCUT2D eigenvalue weighted by Crippen LogP contribution is -2.55. The van der Waals surface area contributed by atoms with Gasteiger partial charge in [0.1, 0.15) is 11.8 Å². The smallest absolute Gasteiger partial charge is 0.252 e. The van der Waals surface area contributed by atoms with Crippen molar-refractivity contribution in [2.24, 2.45) is 0 Å². The van der Waals surface area contributed by atoms with Crippen LogP contribution in [0.1, 0.15) is 58.9 Å². The zero-order valence-electron chi connectivity index (χ0n) is 20.0. The van der Waals surface area contributed by atoms with Crippen LogP contribution in [-0.2, 0) is 19.6 Å². The van der Waals surface area contributed by atoms with Gasteiger partial charge in [-0.25, -0.2) is 13.3 Å². The van der Waals surface area contributed by atoms with Crippen molar-refractivity contribution in [3.05, 3.63) is 54.1 Å². The number of hydrogen-bond donors (Lipinski definition) is 0. The van der Waals surface area contributed by atoms with Crippen molar-refractivity contribution in [3.63, 3.8) is 0 Å². The van der Waals surface area contributed by atoms with Crippen molar-refractivity contribution in [3.8, 4) is 5.75 Å². The van der Waals surface area contributed by atoms with Crippen molar-refractivity contribution in [1.29, 1.82) is 0 Å². The maximum absolute atomic E-state index is 13.7. The van der Waals surface area contributed by atoms with Crippen molar-refractivity contribution < 1.29 is 22.7 Å². The zero-order chi connectivity index (χ0) is 24.6. The molecule has 2 aromatic carbocycles. The first-order valence-corrected chi connectivity index (χ1v) is 12.5. The number of carbonyl (C=O) groups excluding carboxylic acids is 2. The Labute approximate surface area is 196 Å². The molecule has 0 N–H and O–H groups in total. The lowest BCUT2D eigenvalue weighted by atomic mass is 10.00. The lowest BCUT2D eigenvalue weighted by molar-refractivity contribution is -0.122. The van der Waals surface area contributed by atoms with E-state index in [9.17, 15) is 18.0 Å². The number of anilines is 1. The summed E-state index contributed by atoms with van der Waals surface area (Å²) < 4.78 is 33.8. The second-order valence-electron chi connectivity index (χ2n) is 9.18. The molecule has 1 fully saturated rings. The van der Waals surface area contributed by atoms with Gasteiger partial charge in [0.05, 0.1) is 24.1 Å². The lowest BCUT2D eigenvalue weighted by Gasteiger charge is -2.39. The minimum absolute atomic E-state index is 0.0461. The summed E-state index contributed by atoms with van der Waals surface area (Å²) in [5.41, 5.74) is 0.648. The number of amides is 2. The van der Waals surface area contributed by atoms with Gasteiger partial charge >= 0.3 is 0 Å². The first-order valence-electron chi connectivity index (χ1n) is 11.1. The van der Waals surface area contributed by atoms with E-state index in [1.54, 1.807) is 38.1 Å². The van der Waals surface area contributed by atoms with Crippen LogP contribution in [0.2, 0.25) is 0 Å². The summed E-state index contributed by atoms with van der Waals surface area (Å²) in [6.07, 6.45) is 0.257. The van der Waals surface area contributed by atoms with Crippen molar-refractivity contribution in [2.75, 3.05) is 12.0 Å². The fourth-order valence-corrected chi connectivity index (χ4v) is 6.00. The second kappa shape index (κ2) is 9.27. The summed E-state index contributed by atoms with van der Waals surface area (Å²) in [7, 11) is -2.58. The molecule has 1 aliphatic heterocycles. The number of hydrogen-bond acceptors (Lipinski definition) is 5. The molecule has 1 unspecified atom stereocenters. The maximum Gasteiger partial charge on any atom is 0.252 e. The predicted molar refractivity (Wildman–Crippen MR) is 128 cm³/mol. The molecule has 8 heteroatoms. The van der Waals surface area contributed by atoms with Crippen LogP contribution in [0, 0.1) is 0 Å². The van der Waals surface area contributed by atoms with Gasteiger partial charge in [0.2, 0.25) is 15.9 Å². The highest BCUT2D eigenvalue weighted by molar-refractivity contribution is 7.89. The molecule has 0 saturated carbocycles. The van der Waals surface area contributed by atoms with Gasteiger partial charge in [-0.1, -0.05) is 32.9 Å². The number of benzene rings is 2. The minimum atomic E-state index is -4.08. The monoisotopic (exact) mass is 472 g/mol. The van der Waals surface area contributed by atoms with E-state index in [-0.39, 0.29) is 11.3 Å². The van der Waals surface area contributed by atoms with Crippen LogP contribution in [0.15, 0.2) is 53.4 Å².